The zero-order chi connectivity index (χ0) is 7.14. The molecule has 1 amide bonds. The largest absolute Gasteiger partial charge is 0.369 e. The summed E-state index contributed by atoms with van der Waals surface area (Å²) in [4.78, 5) is 16.2. The van der Waals surface area contributed by atoms with Crippen LogP contribution in [0.2, 0.25) is 0 Å². The second kappa shape index (κ2) is 1.71. The molecule has 2 aliphatic rings. The highest BCUT2D eigenvalue weighted by Crippen LogP contribution is 2.27. The molecule has 1 saturated carbocycles. The monoisotopic (exact) mass is 139 g/mol. The lowest BCUT2D eigenvalue weighted by Crippen LogP contribution is -2.35. The maximum absolute atomic E-state index is 10.7. The van der Waals surface area contributed by atoms with Crippen LogP contribution in [-0.4, -0.2) is 29.4 Å². The number of amides is 1. The normalized spacial score (nSPS) is 25.4. The quantitative estimate of drug-likeness (QED) is 0.523. The maximum atomic E-state index is 10.7. The molecule has 0 radical (unpaired) electrons. The molecule has 0 spiro atoms. The minimum absolute atomic E-state index is 0.107. The summed E-state index contributed by atoms with van der Waals surface area (Å²) >= 11 is 0. The SMILES string of the molecule is NC1=NC(=O)CN1C1CC1. The molecule has 54 valence electrons. The van der Waals surface area contributed by atoms with Gasteiger partial charge >= 0.3 is 0 Å². The van der Waals surface area contributed by atoms with Crippen molar-refractivity contribution in [3.05, 3.63) is 0 Å². The molecule has 1 fully saturated rings. The molecule has 0 aromatic heterocycles. The summed E-state index contributed by atoms with van der Waals surface area (Å²) in [6, 6.07) is 0.509. The van der Waals surface area contributed by atoms with E-state index in [1.165, 1.54) is 0 Å². The first-order valence-corrected chi connectivity index (χ1v) is 3.41. The van der Waals surface area contributed by atoms with Crippen molar-refractivity contribution >= 4 is 11.9 Å². The average Bonchev–Trinajstić information content (AvgIpc) is 2.61. The van der Waals surface area contributed by atoms with Crippen molar-refractivity contribution in [1.29, 1.82) is 0 Å². The smallest absolute Gasteiger partial charge is 0.268 e. The number of nitrogens with zero attached hydrogens (tertiary/aromatic N) is 2. The molecule has 0 aromatic rings. The Balaban J connectivity index is 2.11. The summed E-state index contributed by atoms with van der Waals surface area (Å²) in [5.74, 6) is 0.303. The first-order chi connectivity index (χ1) is 4.77. The van der Waals surface area contributed by atoms with E-state index in [-0.39, 0.29) is 5.91 Å². The molecule has 1 aliphatic heterocycles. The second-order valence-electron chi connectivity index (χ2n) is 2.72. The van der Waals surface area contributed by atoms with Crippen molar-refractivity contribution in [2.24, 2.45) is 10.7 Å². The van der Waals surface area contributed by atoms with Crippen LogP contribution in [0, 0.1) is 0 Å². The van der Waals surface area contributed by atoms with Gasteiger partial charge in [-0.2, -0.15) is 4.99 Å². The Labute approximate surface area is 58.7 Å². The molecule has 0 unspecified atom stereocenters. The van der Waals surface area contributed by atoms with E-state index < -0.39 is 0 Å². The number of hydrogen-bond acceptors (Lipinski definition) is 3. The third kappa shape index (κ3) is 0.761. The summed E-state index contributed by atoms with van der Waals surface area (Å²) in [6.07, 6.45) is 2.31. The minimum Gasteiger partial charge on any atom is -0.369 e. The lowest BCUT2D eigenvalue weighted by Gasteiger charge is -2.13. The van der Waals surface area contributed by atoms with Gasteiger partial charge in [0.05, 0.1) is 0 Å². The van der Waals surface area contributed by atoms with Gasteiger partial charge in [0.1, 0.15) is 6.54 Å². The molecular formula is C6H9N3O. The highest BCUT2D eigenvalue weighted by molar-refractivity contribution is 6.00. The molecule has 4 nitrogen and oxygen atoms in total. The van der Waals surface area contributed by atoms with Crippen molar-refractivity contribution in [3.8, 4) is 0 Å². The number of hydrogen-bond donors (Lipinski definition) is 1. The Bertz CT molecular complexity index is 207. The van der Waals surface area contributed by atoms with E-state index in [1.807, 2.05) is 4.90 Å². The highest BCUT2D eigenvalue weighted by atomic mass is 16.2. The molecule has 1 heterocycles. The van der Waals surface area contributed by atoms with Crippen molar-refractivity contribution < 1.29 is 4.79 Å². The van der Waals surface area contributed by atoms with Crippen LogP contribution in [0.15, 0.2) is 4.99 Å². The van der Waals surface area contributed by atoms with E-state index in [2.05, 4.69) is 4.99 Å². The van der Waals surface area contributed by atoms with Gasteiger partial charge in [0.25, 0.3) is 5.91 Å². The highest BCUT2D eigenvalue weighted by Gasteiger charge is 2.34. The third-order valence-electron chi connectivity index (χ3n) is 1.83. The average molecular weight is 139 g/mol. The molecule has 4 heteroatoms. The number of carbonyl (C=O) groups is 1. The molecule has 0 saturated heterocycles. The van der Waals surface area contributed by atoms with Crippen LogP contribution in [0.4, 0.5) is 0 Å². The van der Waals surface area contributed by atoms with E-state index in [1.54, 1.807) is 0 Å². The van der Waals surface area contributed by atoms with Crippen LogP contribution in [0.1, 0.15) is 12.8 Å². The molecule has 10 heavy (non-hydrogen) atoms. The lowest BCUT2D eigenvalue weighted by atomic mass is 10.5. The molecule has 1 aliphatic carbocycles. The van der Waals surface area contributed by atoms with Crippen LogP contribution in [0.5, 0.6) is 0 Å². The van der Waals surface area contributed by atoms with Gasteiger partial charge in [-0.1, -0.05) is 0 Å². The molecular weight excluding hydrogens is 130 g/mol. The van der Waals surface area contributed by atoms with Gasteiger partial charge in [-0.05, 0) is 12.8 Å². The molecule has 0 atom stereocenters. The maximum Gasteiger partial charge on any atom is 0.268 e. The van der Waals surface area contributed by atoms with Gasteiger partial charge in [-0.25, -0.2) is 0 Å². The van der Waals surface area contributed by atoms with Gasteiger partial charge < -0.3 is 10.6 Å². The zero-order valence-electron chi connectivity index (χ0n) is 5.58. The van der Waals surface area contributed by atoms with Crippen LogP contribution in [0.3, 0.4) is 0 Å². The minimum atomic E-state index is -0.107. The van der Waals surface area contributed by atoms with Crippen LogP contribution in [-0.2, 0) is 4.79 Å². The van der Waals surface area contributed by atoms with Gasteiger partial charge in [-0.15, -0.1) is 0 Å². The first kappa shape index (κ1) is 5.70. The summed E-state index contributed by atoms with van der Waals surface area (Å²) in [5, 5.41) is 0. The summed E-state index contributed by atoms with van der Waals surface area (Å²) in [5.41, 5.74) is 5.47. The van der Waals surface area contributed by atoms with Crippen LogP contribution < -0.4 is 5.73 Å². The predicted molar refractivity (Wildman–Crippen MR) is 36.4 cm³/mol. The number of aliphatic imine (C=N–C) groups is 1. The predicted octanol–water partition coefficient (Wildman–Crippen LogP) is -0.694. The summed E-state index contributed by atoms with van der Waals surface area (Å²) < 4.78 is 0. The molecule has 0 aromatic carbocycles. The standard InChI is InChI=1S/C6H9N3O/c7-6-8-5(10)3-9(6)4-1-2-4/h4H,1-3H2,(H2,7,8,10). The summed E-state index contributed by atoms with van der Waals surface area (Å²) in [7, 11) is 0. The Morgan fingerprint density at radius 1 is 1.60 bits per heavy atom. The molecule has 2 rings (SSSR count). The van der Waals surface area contributed by atoms with E-state index >= 15 is 0 Å². The Hall–Kier alpha value is -1.06. The number of nitrogens with two attached hydrogens (primary N) is 1. The van der Waals surface area contributed by atoms with Gasteiger partial charge in [0, 0.05) is 6.04 Å². The topological polar surface area (TPSA) is 58.7 Å². The van der Waals surface area contributed by atoms with Gasteiger partial charge in [0.2, 0.25) is 0 Å². The van der Waals surface area contributed by atoms with Crippen LogP contribution >= 0.6 is 0 Å². The van der Waals surface area contributed by atoms with E-state index in [0.717, 1.165) is 12.8 Å². The van der Waals surface area contributed by atoms with Crippen molar-refractivity contribution in [2.45, 2.75) is 18.9 Å². The van der Waals surface area contributed by atoms with Gasteiger partial charge in [-0.3, -0.25) is 4.79 Å². The van der Waals surface area contributed by atoms with Crippen molar-refractivity contribution in [1.82, 2.24) is 4.90 Å². The Morgan fingerprint density at radius 2 is 2.30 bits per heavy atom. The fourth-order valence-electron chi connectivity index (χ4n) is 1.16. The Morgan fingerprint density at radius 3 is 2.70 bits per heavy atom. The first-order valence-electron chi connectivity index (χ1n) is 3.41. The fourth-order valence-corrected chi connectivity index (χ4v) is 1.16. The number of rotatable bonds is 1. The van der Waals surface area contributed by atoms with E-state index in [9.17, 15) is 4.79 Å². The number of carbonyl (C=O) groups excluding carboxylic acids is 1. The van der Waals surface area contributed by atoms with Gasteiger partial charge in [0.15, 0.2) is 5.96 Å². The third-order valence-corrected chi connectivity index (χ3v) is 1.83. The molecule has 2 N–H and O–H groups in total. The van der Waals surface area contributed by atoms with Crippen LogP contribution in [0.25, 0.3) is 0 Å². The van der Waals surface area contributed by atoms with E-state index in [0.29, 0.717) is 18.5 Å². The fraction of sp³-hybridized carbons (Fsp3) is 0.667. The van der Waals surface area contributed by atoms with Crippen molar-refractivity contribution in [3.63, 3.8) is 0 Å². The summed E-state index contributed by atoms with van der Waals surface area (Å²) in [6.45, 7) is 0.399. The second-order valence-corrected chi connectivity index (χ2v) is 2.72. The number of guanidine groups is 1. The zero-order valence-corrected chi connectivity index (χ0v) is 5.58. The Kier molecular flexibility index (Phi) is 0.977. The van der Waals surface area contributed by atoms with Crippen molar-refractivity contribution in [2.75, 3.05) is 6.54 Å². The van der Waals surface area contributed by atoms with E-state index in [4.69, 9.17) is 5.73 Å². The molecule has 0 bridgehead atoms. The lowest BCUT2D eigenvalue weighted by molar-refractivity contribution is -0.117.